The summed E-state index contributed by atoms with van der Waals surface area (Å²) in [5.41, 5.74) is 3.61. The molecule has 0 spiro atoms. The van der Waals surface area contributed by atoms with E-state index in [4.69, 9.17) is 19.7 Å². The first-order valence-corrected chi connectivity index (χ1v) is 7.03. The van der Waals surface area contributed by atoms with Gasteiger partial charge < -0.3 is 14.9 Å². The lowest BCUT2D eigenvalue weighted by Gasteiger charge is -2.08. The normalized spacial score (nSPS) is 10.8. The average molecular weight is 312 g/mol. The van der Waals surface area contributed by atoms with Crippen LogP contribution < -0.4 is 4.74 Å². The van der Waals surface area contributed by atoms with Gasteiger partial charge in [0.25, 0.3) is 0 Å². The third-order valence-corrected chi connectivity index (χ3v) is 2.94. The molecule has 0 aromatic heterocycles. The van der Waals surface area contributed by atoms with E-state index in [1.807, 2.05) is 31.2 Å². The van der Waals surface area contributed by atoms with Crippen molar-refractivity contribution in [3.63, 3.8) is 0 Å². The minimum absolute atomic E-state index is 0.877. The van der Waals surface area contributed by atoms with Crippen LogP contribution in [0.1, 0.15) is 18.1 Å². The van der Waals surface area contributed by atoms with Gasteiger partial charge in [-0.25, -0.2) is 4.79 Å². The van der Waals surface area contributed by atoms with Crippen molar-refractivity contribution in [1.82, 2.24) is 0 Å². The molecular formula is C19H20O4. The van der Waals surface area contributed by atoms with Gasteiger partial charge in [0.2, 0.25) is 0 Å². The third kappa shape index (κ3) is 6.52. The third-order valence-electron chi connectivity index (χ3n) is 2.94. The molecule has 4 heteroatoms. The zero-order valence-corrected chi connectivity index (χ0v) is 13.1. The fourth-order valence-electron chi connectivity index (χ4n) is 1.94. The van der Waals surface area contributed by atoms with Crippen molar-refractivity contribution < 1.29 is 19.7 Å². The van der Waals surface area contributed by atoms with Crippen molar-refractivity contribution in [3.8, 4) is 5.75 Å². The largest absolute Gasteiger partial charge is 0.503 e. The summed E-state index contributed by atoms with van der Waals surface area (Å²) in [6.45, 7) is 2.02. The molecule has 0 aliphatic rings. The molecule has 23 heavy (non-hydrogen) atoms. The molecule has 4 nitrogen and oxygen atoms in total. The molecule has 120 valence electrons. The van der Waals surface area contributed by atoms with E-state index in [1.165, 1.54) is 16.7 Å². The lowest BCUT2D eigenvalue weighted by Crippen LogP contribution is -1.88. The van der Waals surface area contributed by atoms with Crippen LogP contribution >= 0.6 is 0 Å². The number of carbonyl (C=O) groups is 1. The van der Waals surface area contributed by atoms with Gasteiger partial charge in [-0.3, -0.25) is 0 Å². The van der Waals surface area contributed by atoms with Gasteiger partial charge in [0.1, 0.15) is 5.75 Å². The maximum atomic E-state index is 8.56. The number of hydrogen-bond donors (Lipinski definition) is 2. The van der Waals surface area contributed by atoms with Crippen molar-refractivity contribution in [2.24, 2.45) is 0 Å². The van der Waals surface area contributed by atoms with Crippen molar-refractivity contribution in [1.29, 1.82) is 0 Å². The highest BCUT2D eigenvalue weighted by Crippen LogP contribution is 2.25. The predicted octanol–water partition coefficient (Wildman–Crippen LogP) is 4.93. The van der Waals surface area contributed by atoms with Crippen LogP contribution in [-0.4, -0.2) is 23.5 Å². The standard InChI is InChI=1S/C18H18O.CH2O3/c1-3-4-10-18(15-8-6-5-7-9-15)16-11-13-17(19-2)14-12-16;2-1(3)4/h3-14H,1-2H3;(H2,2,3,4)/b4-3+,18-10-;. The molecule has 0 unspecified atom stereocenters. The molecule has 2 rings (SSSR count). The van der Waals surface area contributed by atoms with E-state index in [0.717, 1.165) is 5.75 Å². The predicted molar refractivity (Wildman–Crippen MR) is 92.0 cm³/mol. The Morgan fingerprint density at radius 1 is 0.957 bits per heavy atom. The van der Waals surface area contributed by atoms with Gasteiger partial charge in [-0.2, -0.15) is 0 Å². The van der Waals surface area contributed by atoms with Crippen molar-refractivity contribution in [2.45, 2.75) is 6.92 Å². The summed E-state index contributed by atoms with van der Waals surface area (Å²) >= 11 is 0. The second-order valence-corrected chi connectivity index (χ2v) is 4.48. The molecule has 0 fully saturated rings. The summed E-state index contributed by atoms with van der Waals surface area (Å²) < 4.78 is 5.20. The molecule has 0 aliphatic heterocycles. The Bertz CT molecular complexity index is 652. The first kappa shape index (κ1) is 18.0. The number of methoxy groups -OCH3 is 1. The molecule has 0 heterocycles. The Morgan fingerprint density at radius 2 is 1.48 bits per heavy atom. The lowest BCUT2D eigenvalue weighted by atomic mass is 9.97. The van der Waals surface area contributed by atoms with Crippen molar-refractivity contribution in [2.75, 3.05) is 7.11 Å². The second kappa shape index (κ2) is 9.84. The number of ether oxygens (including phenoxy) is 1. The lowest BCUT2D eigenvalue weighted by molar-refractivity contribution is 0.137. The Hall–Kier alpha value is -3.01. The van der Waals surface area contributed by atoms with Gasteiger partial charge >= 0.3 is 6.16 Å². The van der Waals surface area contributed by atoms with E-state index in [2.05, 4.69) is 48.6 Å². The SMILES string of the molecule is C/C=C/C=C(/c1ccccc1)c1ccc(OC)cc1.O=C(O)O. The van der Waals surface area contributed by atoms with Gasteiger partial charge in [-0.15, -0.1) is 0 Å². The summed E-state index contributed by atoms with van der Waals surface area (Å²) in [6.07, 6.45) is 4.40. The van der Waals surface area contributed by atoms with Crippen LogP contribution in [0.4, 0.5) is 4.79 Å². The van der Waals surface area contributed by atoms with Crippen molar-refractivity contribution in [3.05, 3.63) is 84.0 Å². The summed E-state index contributed by atoms with van der Waals surface area (Å²) in [5.74, 6) is 0.877. The molecule has 0 saturated heterocycles. The summed E-state index contributed by atoms with van der Waals surface area (Å²) in [4.78, 5) is 8.56. The Balaban J connectivity index is 0.000000593. The van der Waals surface area contributed by atoms with Crippen LogP contribution in [0.2, 0.25) is 0 Å². The van der Waals surface area contributed by atoms with Crippen LogP contribution in [0.3, 0.4) is 0 Å². The fourth-order valence-corrected chi connectivity index (χ4v) is 1.94. The van der Waals surface area contributed by atoms with E-state index >= 15 is 0 Å². The molecule has 2 aromatic carbocycles. The Labute approximate surface area is 136 Å². The van der Waals surface area contributed by atoms with Gasteiger partial charge in [0.05, 0.1) is 7.11 Å². The second-order valence-electron chi connectivity index (χ2n) is 4.48. The quantitative estimate of drug-likeness (QED) is 0.786. The minimum Gasteiger partial charge on any atom is -0.497 e. The highest BCUT2D eigenvalue weighted by Gasteiger charge is 2.03. The van der Waals surface area contributed by atoms with Crippen LogP contribution in [0.15, 0.2) is 72.8 Å². The molecular weight excluding hydrogens is 292 g/mol. The maximum absolute atomic E-state index is 8.56. The van der Waals surface area contributed by atoms with Crippen LogP contribution in [0, 0.1) is 0 Å². The van der Waals surface area contributed by atoms with Gasteiger partial charge in [0, 0.05) is 0 Å². The van der Waals surface area contributed by atoms with Gasteiger partial charge in [0.15, 0.2) is 0 Å². The average Bonchev–Trinajstić information content (AvgIpc) is 2.56. The van der Waals surface area contributed by atoms with Gasteiger partial charge in [-0.1, -0.05) is 60.7 Å². The smallest absolute Gasteiger partial charge is 0.497 e. The number of allylic oxidation sites excluding steroid dienone is 3. The highest BCUT2D eigenvalue weighted by molar-refractivity contribution is 5.80. The maximum Gasteiger partial charge on any atom is 0.503 e. The molecule has 0 atom stereocenters. The van der Waals surface area contributed by atoms with E-state index in [9.17, 15) is 0 Å². The molecule has 0 bridgehead atoms. The van der Waals surface area contributed by atoms with Gasteiger partial charge in [-0.05, 0) is 35.8 Å². The Kier molecular flexibility index (Phi) is 7.72. The zero-order chi connectivity index (χ0) is 17.1. The minimum atomic E-state index is -1.83. The molecule has 0 saturated carbocycles. The first-order chi connectivity index (χ1) is 11.1. The monoisotopic (exact) mass is 312 g/mol. The summed E-state index contributed by atoms with van der Waals surface area (Å²) in [5, 5.41) is 13.9. The molecule has 0 amide bonds. The topological polar surface area (TPSA) is 66.8 Å². The van der Waals surface area contributed by atoms with E-state index < -0.39 is 6.16 Å². The summed E-state index contributed by atoms with van der Waals surface area (Å²) in [6, 6.07) is 18.5. The molecule has 2 N–H and O–H groups in total. The molecule has 2 aromatic rings. The molecule has 0 radical (unpaired) electrons. The van der Waals surface area contributed by atoms with E-state index in [1.54, 1.807) is 7.11 Å². The Morgan fingerprint density at radius 3 is 1.96 bits per heavy atom. The number of carboxylic acid groups (broad SMARTS) is 2. The van der Waals surface area contributed by atoms with E-state index in [-0.39, 0.29) is 0 Å². The summed E-state index contributed by atoms with van der Waals surface area (Å²) in [7, 11) is 1.68. The van der Waals surface area contributed by atoms with Crippen LogP contribution in [0.5, 0.6) is 5.75 Å². The first-order valence-electron chi connectivity index (χ1n) is 7.03. The zero-order valence-electron chi connectivity index (χ0n) is 13.1. The highest BCUT2D eigenvalue weighted by atomic mass is 16.6. The fraction of sp³-hybridized carbons (Fsp3) is 0.105. The van der Waals surface area contributed by atoms with E-state index in [0.29, 0.717) is 0 Å². The molecule has 0 aliphatic carbocycles. The number of benzene rings is 2. The van der Waals surface area contributed by atoms with Crippen LogP contribution in [-0.2, 0) is 0 Å². The number of hydrogen-bond acceptors (Lipinski definition) is 2. The van der Waals surface area contributed by atoms with Crippen molar-refractivity contribution >= 4 is 11.7 Å². The van der Waals surface area contributed by atoms with Crippen LogP contribution in [0.25, 0.3) is 5.57 Å². The number of rotatable bonds is 4.